The van der Waals surface area contributed by atoms with Crippen molar-refractivity contribution in [2.75, 3.05) is 40.9 Å². The largest absolute Gasteiger partial charge is 0.756 e. The number of quaternary nitrogens is 1. The monoisotopic (exact) mass is 895 g/mol. The summed E-state index contributed by atoms with van der Waals surface area (Å²) in [7, 11) is 1.30. The molecule has 1 amide bonds. The normalized spacial score (nSPS) is 14.4. The van der Waals surface area contributed by atoms with Crippen LogP contribution in [0.25, 0.3) is 0 Å². The highest BCUT2D eigenvalue weighted by Crippen LogP contribution is 2.38. The number of nitrogens with one attached hydrogen (secondary N) is 1. The van der Waals surface area contributed by atoms with E-state index < -0.39 is 20.0 Å². The summed E-state index contributed by atoms with van der Waals surface area (Å²) in [5, 5.41) is 14.0. The summed E-state index contributed by atoms with van der Waals surface area (Å²) >= 11 is 0. The zero-order chi connectivity index (χ0) is 45.7. The third-order valence-electron chi connectivity index (χ3n) is 11.9. The highest BCUT2D eigenvalue weighted by molar-refractivity contribution is 7.45. The van der Waals surface area contributed by atoms with Crippen LogP contribution in [0.1, 0.15) is 245 Å². The lowest BCUT2D eigenvalue weighted by atomic mass is 10.0. The fourth-order valence-electron chi connectivity index (χ4n) is 7.76. The van der Waals surface area contributed by atoms with Gasteiger partial charge in [0.05, 0.1) is 39.9 Å². The molecule has 3 atom stereocenters. The minimum Gasteiger partial charge on any atom is -0.756 e. The molecule has 0 aromatic rings. The Balaban J connectivity index is 4.22. The molecule has 9 heteroatoms. The van der Waals surface area contributed by atoms with E-state index in [0.717, 1.165) is 64.2 Å². The molecular weight excluding hydrogens is 792 g/mol. The average molecular weight is 895 g/mol. The smallest absolute Gasteiger partial charge is 0.268 e. The summed E-state index contributed by atoms with van der Waals surface area (Å²) < 4.78 is 23.4. The van der Waals surface area contributed by atoms with Gasteiger partial charge in [0.2, 0.25) is 5.91 Å². The molecule has 0 bridgehead atoms. The first-order valence-electron chi connectivity index (χ1n) is 26.3. The Hall–Kier alpha value is -1.28. The number of carbonyl (C=O) groups is 1. The number of amides is 1. The van der Waals surface area contributed by atoms with E-state index in [2.05, 4.69) is 55.6 Å². The molecule has 0 spiro atoms. The lowest BCUT2D eigenvalue weighted by Crippen LogP contribution is -2.46. The molecule has 8 nitrogen and oxygen atoms in total. The Labute approximate surface area is 385 Å². The van der Waals surface area contributed by atoms with Crippen LogP contribution in [0.4, 0.5) is 0 Å². The summed E-state index contributed by atoms with van der Waals surface area (Å²) in [4.78, 5) is 25.4. The van der Waals surface area contributed by atoms with E-state index >= 15 is 0 Å². The Morgan fingerprint density at radius 3 is 1.44 bits per heavy atom. The molecule has 62 heavy (non-hydrogen) atoms. The minimum atomic E-state index is -4.57. The second-order valence-corrected chi connectivity index (χ2v) is 20.6. The number of likely N-dealkylation sites (N-methyl/N-ethyl adjacent to an activating group) is 1. The number of nitrogens with zero attached hydrogens (tertiary/aromatic N) is 1. The zero-order valence-electron chi connectivity index (χ0n) is 41.6. The van der Waals surface area contributed by atoms with Crippen LogP contribution in [0.2, 0.25) is 0 Å². The molecule has 0 aliphatic heterocycles. The van der Waals surface area contributed by atoms with Crippen molar-refractivity contribution in [1.82, 2.24) is 5.32 Å². The fourth-order valence-corrected chi connectivity index (χ4v) is 8.48. The summed E-state index contributed by atoms with van der Waals surface area (Å²) in [6.07, 6.45) is 55.9. The van der Waals surface area contributed by atoms with Gasteiger partial charge < -0.3 is 28.8 Å². The van der Waals surface area contributed by atoms with Gasteiger partial charge in [-0.15, -0.1) is 0 Å². The van der Waals surface area contributed by atoms with E-state index in [0.29, 0.717) is 23.9 Å². The van der Waals surface area contributed by atoms with E-state index in [4.69, 9.17) is 9.05 Å². The molecule has 0 aromatic carbocycles. The lowest BCUT2D eigenvalue weighted by molar-refractivity contribution is -0.870. The predicted octanol–water partition coefficient (Wildman–Crippen LogP) is 14.8. The fraction of sp³-hybridized carbons (Fsp3) is 0.868. The van der Waals surface area contributed by atoms with Gasteiger partial charge in [-0.1, -0.05) is 230 Å². The number of carbonyl (C=O) groups excluding carboxylic acids is 1. The van der Waals surface area contributed by atoms with Crippen LogP contribution in [0.15, 0.2) is 36.5 Å². The highest BCUT2D eigenvalue weighted by Gasteiger charge is 2.24. The van der Waals surface area contributed by atoms with E-state index in [1.807, 2.05) is 21.1 Å². The summed E-state index contributed by atoms with van der Waals surface area (Å²) in [6, 6.07) is -0.806. The number of aliphatic hydroxyl groups excluding tert-OH is 1. The molecule has 0 aliphatic carbocycles. The highest BCUT2D eigenvalue weighted by atomic mass is 31.2. The van der Waals surface area contributed by atoms with Gasteiger partial charge >= 0.3 is 0 Å². The number of aliphatic hydroxyl groups is 1. The summed E-state index contributed by atoms with van der Waals surface area (Å²) in [5.74, 6) is -0.173. The van der Waals surface area contributed by atoms with Gasteiger partial charge in [0, 0.05) is 6.42 Å². The third kappa shape index (κ3) is 46.7. The molecule has 0 heterocycles. The van der Waals surface area contributed by atoms with Crippen LogP contribution < -0.4 is 10.2 Å². The van der Waals surface area contributed by atoms with E-state index in [9.17, 15) is 19.4 Å². The number of phosphoric acid groups is 1. The molecule has 0 radical (unpaired) electrons. The topological polar surface area (TPSA) is 108 Å². The molecule has 0 fully saturated rings. The number of hydrogen-bond donors (Lipinski definition) is 2. The van der Waals surface area contributed by atoms with Crippen molar-refractivity contribution >= 4 is 13.7 Å². The first-order chi connectivity index (χ1) is 30.0. The molecule has 366 valence electrons. The number of rotatable bonds is 48. The molecule has 2 N–H and O–H groups in total. The second-order valence-electron chi connectivity index (χ2n) is 19.2. The molecule has 0 aromatic heterocycles. The van der Waals surface area contributed by atoms with Crippen molar-refractivity contribution < 1.29 is 32.9 Å². The van der Waals surface area contributed by atoms with Gasteiger partial charge in [0.1, 0.15) is 13.2 Å². The third-order valence-corrected chi connectivity index (χ3v) is 12.9. The number of hydrogen-bond acceptors (Lipinski definition) is 6. The molecule has 3 unspecified atom stereocenters. The SMILES string of the molecule is CC/C=C\C/C=C\C/C=C\CCCCCCCCCC(=O)NC(COP(=O)([O-])OCC[N+](C)(C)C)C(O)CCCCCCCCCCCCCCCCCCCCCCCCC. The van der Waals surface area contributed by atoms with Crippen LogP contribution in [-0.4, -0.2) is 68.5 Å². The van der Waals surface area contributed by atoms with Crippen LogP contribution in [0, 0.1) is 0 Å². The first kappa shape index (κ1) is 60.7. The molecule has 0 saturated carbocycles. The van der Waals surface area contributed by atoms with E-state index in [1.165, 1.54) is 154 Å². The van der Waals surface area contributed by atoms with Gasteiger partial charge in [0.15, 0.2) is 0 Å². The quantitative estimate of drug-likeness (QED) is 0.0273. The van der Waals surface area contributed by atoms with Crippen molar-refractivity contribution in [1.29, 1.82) is 0 Å². The Kier molecular flexibility index (Phi) is 44.0. The second kappa shape index (κ2) is 44.9. The molecular formula is C53H103N2O6P. The van der Waals surface area contributed by atoms with E-state index in [1.54, 1.807) is 0 Å². The summed E-state index contributed by atoms with van der Waals surface area (Å²) in [6.45, 7) is 4.62. The Morgan fingerprint density at radius 1 is 0.581 bits per heavy atom. The number of phosphoric ester groups is 1. The average Bonchev–Trinajstić information content (AvgIpc) is 3.23. The zero-order valence-corrected chi connectivity index (χ0v) is 42.5. The predicted molar refractivity (Wildman–Crippen MR) is 265 cm³/mol. The van der Waals surface area contributed by atoms with E-state index in [-0.39, 0.29) is 19.1 Å². The maximum Gasteiger partial charge on any atom is 0.268 e. The minimum absolute atomic E-state index is 0.00978. The van der Waals surface area contributed by atoms with Crippen molar-refractivity contribution in [2.24, 2.45) is 0 Å². The number of allylic oxidation sites excluding steroid dienone is 6. The van der Waals surface area contributed by atoms with Gasteiger partial charge in [-0.3, -0.25) is 9.36 Å². The lowest BCUT2D eigenvalue weighted by Gasteiger charge is -2.30. The number of unbranched alkanes of at least 4 members (excludes halogenated alkanes) is 29. The summed E-state index contributed by atoms with van der Waals surface area (Å²) in [5.41, 5.74) is 0. The Morgan fingerprint density at radius 2 is 0.984 bits per heavy atom. The van der Waals surface area contributed by atoms with Crippen LogP contribution in [0.5, 0.6) is 0 Å². The van der Waals surface area contributed by atoms with Crippen LogP contribution in [0.3, 0.4) is 0 Å². The first-order valence-corrected chi connectivity index (χ1v) is 27.8. The molecule has 0 aliphatic rings. The molecule has 0 rings (SSSR count). The van der Waals surface area contributed by atoms with Crippen molar-refractivity contribution in [3.8, 4) is 0 Å². The van der Waals surface area contributed by atoms with Crippen molar-refractivity contribution in [3.05, 3.63) is 36.5 Å². The van der Waals surface area contributed by atoms with Crippen molar-refractivity contribution in [2.45, 2.75) is 257 Å². The van der Waals surface area contributed by atoms with Gasteiger partial charge in [-0.05, 0) is 44.9 Å². The maximum atomic E-state index is 12.9. The van der Waals surface area contributed by atoms with Crippen molar-refractivity contribution in [3.63, 3.8) is 0 Å². The molecule has 0 saturated heterocycles. The van der Waals surface area contributed by atoms with Gasteiger partial charge in [-0.2, -0.15) is 0 Å². The van der Waals surface area contributed by atoms with Crippen LogP contribution >= 0.6 is 7.82 Å². The van der Waals surface area contributed by atoms with Gasteiger partial charge in [-0.25, -0.2) is 0 Å². The maximum absolute atomic E-state index is 12.9. The Bertz CT molecular complexity index is 1110. The van der Waals surface area contributed by atoms with Gasteiger partial charge in [0.25, 0.3) is 7.82 Å². The standard InChI is InChI=1S/C53H103N2O6P/c1-6-8-10-12-14-16-18-20-22-24-25-26-27-28-29-31-32-34-36-38-40-42-44-46-52(56)51(50-61-62(58,59)60-49-48-55(3,4)5)54-53(57)47-45-43-41-39-37-35-33-30-23-21-19-17-15-13-11-9-7-2/h9,11,15,17,21,23,51-52,56H,6-8,10,12-14,16,18-20,22,24-50H2,1-5H3,(H-,54,57,58,59)/b11-9-,17-15-,23-21-. The van der Waals surface area contributed by atoms with Crippen LogP contribution in [-0.2, 0) is 18.4 Å².